The Kier molecular flexibility index (Phi) is 6.03. The normalized spacial score (nSPS) is 11.2. The van der Waals surface area contributed by atoms with Crippen molar-refractivity contribution in [3.63, 3.8) is 0 Å². The zero-order valence-corrected chi connectivity index (χ0v) is 17.7. The lowest BCUT2D eigenvalue weighted by atomic mass is 9.98. The van der Waals surface area contributed by atoms with Gasteiger partial charge in [-0.3, -0.25) is 0 Å². The maximum absolute atomic E-state index is 14.1. The molecule has 0 amide bonds. The van der Waals surface area contributed by atoms with E-state index >= 15 is 0 Å². The molecule has 7 nitrogen and oxygen atoms in total. The van der Waals surface area contributed by atoms with Crippen LogP contribution in [0.5, 0.6) is 0 Å². The van der Waals surface area contributed by atoms with Gasteiger partial charge in [0.05, 0.1) is 6.54 Å². The molecule has 0 fully saturated rings. The Labute approximate surface area is 183 Å². The van der Waals surface area contributed by atoms with Crippen LogP contribution in [0.1, 0.15) is 43.9 Å². The topological polar surface area (TPSA) is 85.2 Å². The fourth-order valence-electron chi connectivity index (χ4n) is 3.19. The lowest BCUT2D eigenvalue weighted by Gasteiger charge is -2.09. The van der Waals surface area contributed by atoms with Crippen molar-refractivity contribution in [2.24, 2.45) is 0 Å². The first-order valence-corrected chi connectivity index (χ1v) is 10.3. The molecule has 1 N–H and O–H groups in total. The number of tetrazole rings is 1. The number of hydrogen-bond acceptors (Lipinski definition) is 5. The van der Waals surface area contributed by atoms with Crippen molar-refractivity contribution in [3.05, 3.63) is 65.7 Å². The van der Waals surface area contributed by atoms with Gasteiger partial charge in [-0.1, -0.05) is 68.3 Å². The molecule has 32 heavy (non-hydrogen) atoms. The number of nitrogens with one attached hydrogen (secondary N) is 1. The minimum Gasteiger partial charge on any atom is -0.234 e. The highest BCUT2D eigenvalue weighted by Gasteiger charge is 2.35. The quantitative estimate of drug-likeness (QED) is 0.455. The van der Waals surface area contributed by atoms with E-state index in [1.165, 1.54) is 11.6 Å². The average Bonchev–Trinajstić information content (AvgIpc) is 3.49. The first-order valence-electron chi connectivity index (χ1n) is 10.3. The Morgan fingerprint density at radius 2 is 1.78 bits per heavy atom. The largest absolute Gasteiger partial charge is 0.308 e. The van der Waals surface area contributed by atoms with Gasteiger partial charge in [-0.25, -0.2) is 4.68 Å². The Balaban J connectivity index is 1.63. The number of alkyl halides is 2. The van der Waals surface area contributed by atoms with Crippen LogP contribution in [0.15, 0.2) is 48.5 Å². The van der Waals surface area contributed by atoms with Crippen LogP contribution in [0.4, 0.5) is 8.78 Å². The smallest absolute Gasteiger partial charge is 0.234 e. The molecule has 0 spiro atoms. The first kappa shape index (κ1) is 21.3. The zero-order valence-electron chi connectivity index (χ0n) is 17.7. The fourth-order valence-corrected chi connectivity index (χ4v) is 3.19. The highest BCUT2D eigenvalue weighted by molar-refractivity contribution is 5.80. The number of benzene rings is 2. The van der Waals surface area contributed by atoms with E-state index in [-0.39, 0.29) is 18.8 Å². The van der Waals surface area contributed by atoms with E-state index in [0.29, 0.717) is 12.2 Å². The predicted molar refractivity (Wildman–Crippen MR) is 116 cm³/mol. The van der Waals surface area contributed by atoms with E-state index in [0.717, 1.165) is 22.3 Å². The summed E-state index contributed by atoms with van der Waals surface area (Å²) in [5.74, 6) is 2.90. The molecule has 0 radical (unpaired) electrons. The van der Waals surface area contributed by atoms with Crippen LogP contribution in [-0.4, -0.2) is 35.4 Å². The minimum absolute atomic E-state index is 0.238. The molecule has 4 aromatic rings. The van der Waals surface area contributed by atoms with E-state index in [2.05, 4.69) is 42.5 Å². The second-order valence-electron chi connectivity index (χ2n) is 7.11. The average molecular weight is 433 g/mol. The van der Waals surface area contributed by atoms with Crippen LogP contribution in [0, 0.1) is 11.8 Å². The number of H-pyrrole nitrogens is 1. The van der Waals surface area contributed by atoms with Gasteiger partial charge in [0.15, 0.2) is 0 Å². The van der Waals surface area contributed by atoms with Crippen LogP contribution < -0.4 is 0 Å². The van der Waals surface area contributed by atoms with Gasteiger partial charge in [0, 0.05) is 18.4 Å². The van der Waals surface area contributed by atoms with Crippen LogP contribution >= 0.6 is 0 Å². The summed E-state index contributed by atoms with van der Waals surface area (Å²) in [6.45, 7) is 3.58. The molecule has 9 heteroatoms. The third-order valence-corrected chi connectivity index (χ3v) is 4.93. The van der Waals surface area contributed by atoms with E-state index < -0.39 is 11.7 Å². The van der Waals surface area contributed by atoms with Crippen molar-refractivity contribution in [1.29, 1.82) is 0 Å². The van der Waals surface area contributed by atoms with E-state index in [1.807, 2.05) is 55.5 Å². The summed E-state index contributed by atoms with van der Waals surface area (Å²) in [7, 11) is 0. The molecule has 0 atom stereocenters. The Bertz CT molecular complexity index is 1250. The number of halogens is 2. The molecule has 2 aromatic heterocycles. The van der Waals surface area contributed by atoms with Crippen molar-refractivity contribution in [3.8, 4) is 34.4 Å². The third kappa shape index (κ3) is 4.39. The minimum atomic E-state index is -3.09. The summed E-state index contributed by atoms with van der Waals surface area (Å²) in [6.07, 6.45) is 0.229. The van der Waals surface area contributed by atoms with E-state index in [4.69, 9.17) is 0 Å². The highest BCUT2D eigenvalue weighted by atomic mass is 19.3. The number of nitrogens with zero attached hydrogens (tertiary/aromatic N) is 6. The highest BCUT2D eigenvalue weighted by Crippen LogP contribution is 2.30. The number of aromatic nitrogens is 7. The summed E-state index contributed by atoms with van der Waals surface area (Å²) in [5, 5.41) is 18.3. The maximum Gasteiger partial charge on any atom is 0.308 e. The molecule has 0 bridgehead atoms. The summed E-state index contributed by atoms with van der Waals surface area (Å²) >= 11 is 0. The van der Waals surface area contributed by atoms with Crippen molar-refractivity contribution >= 4 is 0 Å². The van der Waals surface area contributed by atoms with Crippen molar-refractivity contribution in [2.75, 3.05) is 0 Å². The van der Waals surface area contributed by atoms with Crippen LogP contribution in [-0.2, 0) is 12.5 Å². The van der Waals surface area contributed by atoms with E-state index in [9.17, 15) is 8.78 Å². The molecule has 2 aromatic carbocycles. The molecule has 0 saturated heterocycles. The molecule has 2 heterocycles. The standard InChI is InChI=1S/C23H21F2N7/c1-3-5-10-20-26-22(23(24,25)4-2)29-32(20)15-16-11-13-17(14-12-16)18-8-6-7-9-19(18)21-27-30-31-28-21/h6-9,11-14H,3-4,15H2,1-2H3,(H,27,28,30,31). The van der Waals surface area contributed by atoms with Crippen molar-refractivity contribution in [1.82, 2.24) is 35.4 Å². The molecule has 0 aliphatic carbocycles. The zero-order chi connectivity index (χ0) is 22.6. The molecule has 0 aliphatic rings. The Morgan fingerprint density at radius 1 is 1.03 bits per heavy atom. The summed E-state index contributed by atoms with van der Waals surface area (Å²) in [6, 6.07) is 15.5. The van der Waals surface area contributed by atoms with Gasteiger partial charge in [0.25, 0.3) is 0 Å². The molecule has 4 rings (SSSR count). The summed E-state index contributed by atoms with van der Waals surface area (Å²) in [4.78, 5) is 4.00. The van der Waals surface area contributed by atoms with Crippen LogP contribution in [0.3, 0.4) is 0 Å². The van der Waals surface area contributed by atoms with E-state index in [1.54, 1.807) is 0 Å². The van der Waals surface area contributed by atoms with Crippen LogP contribution in [0.2, 0.25) is 0 Å². The lowest BCUT2D eigenvalue weighted by molar-refractivity contribution is -0.0176. The predicted octanol–water partition coefficient (Wildman–Crippen LogP) is 4.44. The van der Waals surface area contributed by atoms with Crippen molar-refractivity contribution in [2.45, 2.75) is 39.2 Å². The summed E-state index contributed by atoms with van der Waals surface area (Å²) in [5.41, 5.74) is 3.67. The molecular weight excluding hydrogens is 412 g/mol. The van der Waals surface area contributed by atoms with Gasteiger partial charge in [-0.2, -0.15) is 19.0 Å². The monoisotopic (exact) mass is 433 g/mol. The van der Waals surface area contributed by atoms with Gasteiger partial charge >= 0.3 is 5.92 Å². The fraction of sp³-hybridized carbons (Fsp3) is 0.261. The number of hydrogen-bond donors (Lipinski definition) is 1. The van der Waals surface area contributed by atoms with Gasteiger partial charge in [0.1, 0.15) is 0 Å². The molecular formula is C23H21F2N7. The number of aromatic amines is 1. The first-order chi connectivity index (χ1) is 15.5. The molecule has 0 unspecified atom stereocenters. The second kappa shape index (κ2) is 9.06. The summed E-state index contributed by atoms with van der Waals surface area (Å²) < 4.78 is 29.7. The van der Waals surface area contributed by atoms with Gasteiger partial charge < -0.3 is 0 Å². The molecule has 0 saturated carbocycles. The molecule has 162 valence electrons. The lowest BCUT2D eigenvalue weighted by Crippen LogP contribution is -2.14. The maximum atomic E-state index is 14.1. The second-order valence-corrected chi connectivity index (χ2v) is 7.11. The Morgan fingerprint density at radius 3 is 2.44 bits per heavy atom. The van der Waals surface area contributed by atoms with Gasteiger partial charge in [-0.15, -0.1) is 15.3 Å². The van der Waals surface area contributed by atoms with Crippen LogP contribution in [0.25, 0.3) is 22.5 Å². The van der Waals surface area contributed by atoms with Gasteiger partial charge in [-0.05, 0) is 27.8 Å². The third-order valence-electron chi connectivity index (χ3n) is 4.93. The van der Waals surface area contributed by atoms with Gasteiger partial charge in [0.2, 0.25) is 17.5 Å². The number of rotatable bonds is 6. The molecule has 0 aliphatic heterocycles. The van der Waals surface area contributed by atoms with Crippen molar-refractivity contribution < 1.29 is 8.78 Å². The Hall–Kier alpha value is -3.93. The SMILES string of the molecule is CCC#Cc1nc(C(F)(F)CC)nn1Cc1ccc(-c2ccccc2-c2nn[nH]n2)cc1.